The van der Waals surface area contributed by atoms with Gasteiger partial charge in [-0.05, 0) is 18.6 Å². The van der Waals surface area contributed by atoms with Crippen LogP contribution in [0.4, 0.5) is 0 Å². The molecule has 28 heavy (non-hydrogen) atoms. The first-order chi connectivity index (χ1) is 13.5. The zero-order chi connectivity index (χ0) is 20.0. The van der Waals surface area contributed by atoms with Crippen LogP contribution in [-0.4, -0.2) is 39.4 Å². The minimum Gasteiger partial charge on any atom is -0.494 e. The second-order valence-electron chi connectivity index (χ2n) is 6.60. The second-order valence-corrected chi connectivity index (χ2v) is 7.39. The van der Waals surface area contributed by atoms with Crippen LogP contribution in [0.3, 0.4) is 0 Å². The van der Waals surface area contributed by atoms with Gasteiger partial charge in [0, 0.05) is 29.6 Å². The number of nitrogens with zero attached hydrogens (tertiary/aromatic N) is 3. The van der Waals surface area contributed by atoms with E-state index in [-0.39, 0.29) is 17.8 Å². The molecule has 3 heterocycles. The van der Waals surface area contributed by atoms with Crippen molar-refractivity contribution in [2.45, 2.75) is 19.4 Å². The lowest BCUT2D eigenvalue weighted by Gasteiger charge is -2.33. The van der Waals surface area contributed by atoms with Gasteiger partial charge in [0.2, 0.25) is 5.82 Å². The fourth-order valence-electron chi connectivity index (χ4n) is 3.76. The van der Waals surface area contributed by atoms with Crippen LogP contribution in [0, 0.1) is 0 Å². The molecular formula is C20H18Cl2N4O2. The highest BCUT2D eigenvalue weighted by Gasteiger charge is 2.33. The van der Waals surface area contributed by atoms with E-state index in [1.807, 2.05) is 6.92 Å². The van der Waals surface area contributed by atoms with Gasteiger partial charge in [0.1, 0.15) is 0 Å². The molecule has 1 unspecified atom stereocenters. The number of aromatic nitrogens is 3. The van der Waals surface area contributed by atoms with Crippen LogP contribution in [-0.2, 0) is 6.42 Å². The summed E-state index contributed by atoms with van der Waals surface area (Å²) in [5.74, 6) is 0.417. The van der Waals surface area contributed by atoms with Gasteiger partial charge >= 0.3 is 0 Å². The van der Waals surface area contributed by atoms with E-state index in [0.717, 1.165) is 27.7 Å². The molecule has 1 aromatic carbocycles. The number of benzene rings is 1. The molecule has 144 valence electrons. The van der Waals surface area contributed by atoms with Gasteiger partial charge in [-0.25, -0.2) is 9.97 Å². The normalized spacial score (nSPS) is 16.1. The summed E-state index contributed by atoms with van der Waals surface area (Å²) < 4.78 is 5.06. The fraction of sp³-hybridized carbons (Fsp3) is 0.250. The third-order valence-electron chi connectivity index (χ3n) is 5.14. The Kier molecular flexibility index (Phi) is 4.77. The van der Waals surface area contributed by atoms with Gasteiger partial charge in [-0.15, -0.1) is 0 Å². The molecule has 1 amide bonds. The molecule has 0 bridgehead atoms. The van der Waals surface area contributed by atoms with E-state index >= 15 is 0 Å². The lowest BCUT2D eigenvalue weighted by atomic mass is 9.94. The average molecular weight is 417 g/mol. The van der Waals surface area contributed by atoms with Crippen molar-refractivity contribution in [2.75, 3.05) is 13.7 Å². The summed E-state index contributed by atoms with van der Waals surface area (Å²) in [6.45, 7) is 6.43. The molecule has 0 saturated carbocycles. The Hall–Kier alpha value is -2.57. The van der Waals surface area contributed by atoms with E-state index in [9.17, 15) is 4.79 Å². The van der Waals surface area contributed by atoms with Gasteiger partial charge in [-0.1, -0.05) is 35.9 Å². The van der Waals surface area contributed by atoms with Crippen molar-refractivity contribution < 1.29 is 9.53 Å². The lowest BCUT2D eigenvalue weighted by molar-refractivity contribution is 0.0665. The molecule has 4 rings (SSSR count). The number of rotatable bonds is 3. The maximum Gasteiger partial charge on any atom is 0.292 e. The maximum atomic E-state index is 13.0. The van der Waals surface area contributed by atoms with Crippen LogP contribution in [0.2, 0.25) is 10.0 Å². The van der Waals surface area contributed by atoms with Gasteiger partial charge in [0.15, 0.2) is 5.75 Å². The number of halogens is 2. The van der Waals surface area contributed by atoms with Crippen LogP contribution >= 0.6 is 23.2 Å². The number of H-pyrrole nitrogens is 1. The molecule has 1 aliphatic heterocycles. The highest BCUT2D eigenvalue weighted by atomic mass is 35.5. The van der Waals surface area contributed by atoms with E-state index in [2.05, 4.69) is 21.5 Å². The van der Waals surface area contributed by atoms with E-state index in [1.165, 1.54) is 19.5 Å². The zero-order valence-electron chi connectivity index (χ0n) is 15.4. The van der Waals surface area contributed by atoms with E-state index < -0.39 is 0 Å². The molecular weight excluding hydrogens is 399 g/mol. The summed E-state index contributed by atoms with van der Waals surface area (Å²) in [5.41, 5.74) is 3.73. The quantitative estimate of drug-likeness (QED) is 0.672. The monoisotopic (exact) mass is 416 g/mol. The highest BCUT2D eigenvalue weighted by molar-refractivity contribution is 6.45. The number of carbonyl (C=O) groups is 1. The number of ether oxygens (including phenoxy) is 1. The predicted molar refractivity (Wildman–Crippen MR) is 110 cm³/mol. The highest BCUT2D eigenvalue weighted by Crippen LogP contribution is 2.42. The van der Waals surface area contributed by atoms with Crippen molar-refractivity contribution in [1.29, 1.82) is 0 Å². The summed E-state index contributed by atoms with van der Waals surface area (Å²) in [4.78, 5) is 26.5. The summed E-state index contributed by atoms with van der Waals surface area (Å²) in [5, 5.41) is 1.88. The van der Waals surface area contributed by atoms with Crippen LogP contribution < -0.4 is 4.74 Å². The summed E-state index contributed by atoms with van der Waals surface area (Å²) in [7, 11) is 1.53. The molecule has 0 fully saturated rings. The SMILES string of the molecule is C=Cc1cc(Cl)c(Cl)c2[nH]c3c(c12)C(C)N(C(=O)c1ncc(OC)cn1)CC3. The zero-order valence-corrected chi connectivity index (χ0v) is 16.9. The van der Waals surface area contributed by atoms with Crippen molar-refractivity contribution in [3.05, 3.63) is 57.7 Å². The average Bonchev–Trinajstić information content (AvgIpc) is 3.11. The van der Waals surface area contributed by atoms with Crippen molar-refractivity contribution in [1.82, 2.24) is 19.9 Å². The molecule has 0 aliphatic carbocycles. The van der Waals surface area contributed by atoms with Gasteiger partial charge in [0.25, 0.3) is 5.91 Å². The third kappa shape index (κ3) is 2.84. The molecule has 6 nitrogen and oxygen atoms in total. The van der Waals surface area contributed by atoms with Crippen LogP contribution in [0.1, 0.15) is 40.4 Å². The number of aromatic amines is 1. The molecule has 1 aliphatic rings. The molecule has 1 N–H and O–H groups in total. The molecule has 1 atom stereocenters. The third-order valence-corrected chi connectivity index (χ3v) is 5.93. The largest absolute Gasteiger partial charge is 0.494 e. The number of hydrogen-bond donors (Lipinski definition) is 1. The number of nitrogens with one attached hydrogen (secondary N) is 1. The van der Waals surface area contributed by atoms with Crippen molar-refractivity contribution in [2.24, 2.45) is 0 Å². The van der Waals surface area contributed by atoms with Crippen molar-refractivity contribution >= 4 is 46.1 Å². The minimum atomic E-state index is -0.227. The number of amides is 1. The van der Waals surface area contributed by atoms with Crippen LogP contribution in [0.5, 0.6) is 5.75 Å². The molecule has 8 heteroatoms. The number of methoxy groups -OCH3 is 1. The first kappa shape index (κ1) is 18.8. The second kappa shape index (κ2) is 7.11. The summed E-state index contributed by atoms with van der Waals surface area (Å²) >= 11 is 12.7. The van der Waals surface area contributed by atoms with Gasteiger partial charge in [-0.3, -0.25) is 4.79 Å². The first-order valence-corrected chi connectivity index (χ1v) is 9.53. The topological polar surface area (TPSA) is 71.1 Å². The number of hydrogen-bond acceptors (Lipinski definition) is 4. The van der Waals surface area contributed by atoms with Gasteiger partial charge < -0.3 is 14.6 Å². The van der Waals surface area contributed by atoms with E-state index in [0.29, 0.717) is 28.8 Å². The Bertz CT molecular complexity index is 1090. The van der Waals surface area contributed by atoms with Crippen LogP contribution in [0.15, 0.2) is 25.0 Å². The lowest BCUT2D eigenvalue weighted by Crippen LogP contribution is -2.39. The smallest absolute Gasteiger partial charge is 0.292 e. The Morgan fingerprint density at radius 2 is 2.11 bits per heavy atom. The van der Waals surface area contributed by atoms with Crippen molar-refractivity contribution in [3.8, 4) is 5.75 Å². The summed E-state index contributed by atoms with van der Waals surface area (Å²) in [6, 6.07) is 1.61. The molecule has 3 aromatic rings. The standard InChI is InChI=1S/C20H18Cl2N4O2/c1-4-11-7-13(21)17(22)18-16(11)15-10(2)26(6-5-14(15)25-18)20(27)19-23-8-12(28-3)9-24-19/h4,7-10,25H,1,5-6H2,2-3H3. The minimum absolute atomic E-state index is 0.140. The van der Waals surface area contributed by atoms with Gasteiger partial charge in [-0.2, -0.15) is 0 Å². The van der Waals surface area contributed by atoms with Gasteiger partial charge in [0.05, 0.1) is 41.1 Å². The molecule has 0 saturated heterocycles. The Labute approximate surface area is 172 Å². The van der Waals surface area contributed by atoms with E-state index in [1.54, 1.807) is 17.0 Å². The molecule has 0 radical (unpaired) electrons. The Morgan fingerprint density at radius 3 is 2.75 bits per heavy atom. The Balaban J connectivity index is 1.79. The predicted octanol–water partition coefficient (Wildman–Crippen LogP) is 4.68. The van der Waals surface area contributed by atoms with E-state index in [4.69, 9.17) is 27.9 Å². The first-order valence-electron chi connectivity index (χ1n) is 8.78. The number of fused-ring (bicyclic) bond motifs is 3. The summed E-state index contributed by atoms with van der Waals surface area (Å²) in [6.07, 6.45) is 5.40. The molecule has 2 aromatic heterocycles. The van der Waals surface area contributed by atoms with Crippen LogP contribution in [0.25, 0.3) is 17.0 Å². The maximum absolute atomic E-state index is 13.0. The Morgan fingerprint density at radius 1 is 1.39 bits per heavy atom. The fourth-order valence-corrected chi connectivity index (χ4v) is 4.17. The molecule has 0 spiro atoms. The van der Waals surface area contributed by atoms with Crippen molar-refractivity contribution in [3.63, 3.8) is 0 Å². The number of carbonyl (C=O) groups excluding carboxylic acids is 1.